The Bertz CT molecular complexity index is 1520. The van der Waals surface area contributed by atoms with Crippen LogP contribution >= 0.6 is 0 Å². The molecule has 4 heterocycles. The van der Waals surface area contributed by atoms with E-state index < -0.39 is 5.82 Å². The quantitative estimate of drug-likeness (QED) is 0.329. The Kier molecular flexibility index (Phi) is 6.61. The van der Waals surface area contributed by atoms with Gasteiger partial charge < -0.3 is 9.64 Å². The van der Waals surface area contributed by atoms with Gasteiger partial charge in [0.25, 0.3) is 0 Å². The minimum absolute atomic E-state index is 0.0856. The monoisotopic (exact) mass is 519 g/mol. The van der Waals surface area contributed by atoms with Crippen molar-refractivity contribution in [2.75, 3.05) is 39.3 Å². The summed E-state index contributed by atoms with van der Waals surface area (Å²) in [5, 5.41) is 9.05. The second-order valence-electron chi connectivity index (χ2n) is 10.7. The molecule has 0 radical (unpaired) electrons. The lowest BCUT2D eigenvalue weighted by Crippen LogP contribution is -2.47. The molecule has 0 N–H and O–H groups in total. The van der Waals surface area contributed by atoms with Gasteiger partial charge in [-0.3, -0.25) is 14.0 Å². The van der Waals surface area contributed by atoms with Gasteiger partial charge in [-0.1, -0.05) is 0 Å². The molecular formula is C28H34FN7O2. The summed E-state index contributed by atoms with van der Waals surface area (Å²) in [7, 11) is 1.67. The van der Waals surface area contributed by atoms with E-state index in [1.165, 1.54) is 36.6 Å². The topological polar surface area (TPSA) is 81.3 Å². The van der Waals surface area contributed by atoms with Gasteiger partial charge in [0.15, 0.2) is 5.65 Å². The molecule has 1 aliphatic carbocycles. The number of rotatable bonds is 8. The van der Waals surface area contributed by atoms with E-state index in [0.717, 1.165) is 32.1 Å². The fourth-order valence-electron chi connectivity index (χ4n) is 5.50. The Morgan fingerprint density at radius 3 is 2.58 bits per heavy atom. The molecule has 9 nitrogen and oxygen atoms in total. The van der Waals surface area contributed by atoms with Gasteiger partial charge in [0.1, 0.15) is 11.3 Å². The number of hydrogen-bond donors (Lipinski definition) is 0. The smallest absolute Gasteiger partial charge is 0.330 e. The molecular weight excluding hydrogens is 485 g/mol. The zero-order valence-electron chi connectivity index (χ0n) is 22.2. The van der Waals surface area contributed by atoms with Crippen LogP contribution in [-0.2, 0) is 7.05 Å². The van der Waals surface area contributed by atoms with Crippen LogP contribution in [0.15, 0.2) is 35.3 Å². The summed E-state index contributed by atoms with van der Waals surface area (Å²) in [6.45, 7) is 10.1. The molecule has 10 heteroatoms. The summed E-state index contributed by atoms with van der Waals surface area (Å²) in [6.07, 6.45) is 5.32. The molecule has 0 atom stereocenters. The van der Waals surface area contributed by atoms with Crippen molar-refractivity contribution in [3.05, 3.63) is 46.8 Å². The number of benzene rings is 1. The lowest BCUT2D eigenvalue weighted by atomic mass is 10.0. The standard InChI is InChI=1S/C28H34FN7O2/c1-18(2)36-26-22-15-21(23(29)16-24(22)31-32-27(26)33(3)28(36)37)19-5-8-25(30-17-19)38-14-4-9-34-10-12-35(13-11-34)20-6-7-20/h5,8,15-18,20H,4,6-7,9-14H2,1-3H3. The summed E-state index contributed by atoms with van der Waals surface area (Å²) in [6, 6.07) is 7.47. The first kappa shape index (κ1) is 24.9. The number of pyridine rings is 1. The molecule has 2 fully saturated rings. The Labute approximate surface area is 220 Å². The first-order chi connectivity index (χ1) is 18.4. The van der Waals surface area contributed by atoms with Crippen LogP contribution in [0.2, 0.25) is 0 Å². The molecule has 2 aliphatic rings. The van der Waals surface area contributed by atoms with Crippen LogP contribution in [-0.4, -0.2) is 79.5 Å². The van der Waals surface area contributed by atoms with Crippen LogP contribution in [0.3, 0.4) is 0 Å². The fourth-order valence-corrected chi connectivity index (χ4v) is 5.50. The number of halogens is 1. The number of nitrogens with zero attached hydrogens (tertiary/aromatic N) is 7. The zero-order valence-corrected chi connectivity index (χ0v) is 22.2. The van der Waals surface area contributed by atoms with Gasteiger partial charge in [0.05, 0.1) is 12.1 Å². The predicted octanol–water partition coefficient (Wildman–Crippen LogP) is 3.61. The lowest BCUT2D eigenvalue weighted by Gasteiger charge is -2.34. The molecule has 38 heavy (non-hydrogen) atoms. The van der Waals surface area contributed by atoms with E-state index in [1.54, 1.807) is 29.9 Å². The normalized spacial score (nSPS) is 17.2. The van der Waals surface area contributed by atoms with Gasteiger partial charge in [-0.15, -0.1) is 10.2 Å². The molecule has 0 amide bonds. The number of fused-ring (bicyclic) bond motifs is 3. The third-order valence-electron chi connectivity index (χ3n) is 7.76. The fraction of sp³-hybridized carbons (Fsp3) is 0.500. The largest absolute Gasteiger partial charge is 0.478 e. The summed E-state index contributed by atoms with van der Waals surface area (Å²) in [5.74, 6) is 0.108. The third kappa shape index (κ3) is 4.67. The summed E-state index contributed by atoms with van der Waals surface area (Å²) in [4.78, 5) is 22.4. The van der Waals surface area contributed by atoms with Crippen LogP contribution in [0.5, 0.6) is 5.88 Å². The van der Waals surface area contributed by atoms with Crippen molar-refractivity contribution in [3.63, 3.8) is 0 Å². The highest BCUT2D eigenvalue weighted by atomic mass is 19.1. The van der Waals surface area contributed by atoms with Gasteiger partial charge in [0, 0.05) is 86.7 Å². The Morgan fingerprint density at radius 1 is 1.11 bits per heavy atom. The summed E-state index contributed by atoms with van der Waals surface area (Å²) >= 11 is 0. The van der Waals surface area contributed by atoms with Crippen molar-refractivity contribution in [2.45, 2.75) is 45.2 Å². The average Bonchev–Trinajstić information content (AvgIpc) is 3.73. The molecule has 1 aromatic carbocycles. The molecule has 3 aromatic heterocycles. The van der Waals surface area contributed by atoms with Crippen LogP contribution in [0.25, 0.3) is 33.2 Å². The van der Waals surface area contributed by atoms with E-state index in [9.17, 15) is 4.79 Å². The van der Waals surface area contributed by atoms with Gasteiger partial charge >= 0.3 is 5.69 Å². The Morgan fingerprint density at radius 2 is 1.89 bits per heavy atom. The molecule has 1 saturated heterocycles. The van der Waals surface area contributed by atoms with E-state index in [-0.39, 0.29) is 11.7 Å². The van der Waals surface area contributed by atoms with Crippen LogP contribution in [0.4, 0.5) is 4.39 Å². The minimum Gasteiger partial charge on any atom is -0.478 e. The van der Waals surface area contributed by atoms with Crippen molar-refractivity contribution in [1.82, 2.24) is 34.1 Å². The van der Waals surface area contributed by atoms with Crippen LogP contribution in [0.1, 0.15) is 39.2 Å². The molecule has 0 unspecified atom stereocenters. The highest BCUT2D eigenvalue weighted by Gasteiger charge is 2.31. The van der Waals surface area contributed by atoms with Crippen molar-refractivity contribution in [1.29, 1.82) is 0 Å². The zero-order chi connectivity index (χ0) is 26.4. The lowest BCUT2D eigenvalue weighted by molar-refractivity contribution is 0.120. The predicted molar refractivity (Wildman–Crippen MR) is 145 cm³/mol. The summed E-state index contributed by atoms with van der Waals surface area (Å²) in [5.41, 5.74) is 2.38. The van der Waals surface area contributed by atoms with E-state index >= 15 is 4.39 Å². The maximum absolute atomic E-state index is 15.1. The molecule has 0 spiro atoms. The van der Waals surface area contributed by atoms with E-state index in [0.29, 0.717) is 45.7 Å². The molecule has 0 bridgehead atoms. The van der Waals surface area contributed by atoms with Gasteiger partial charge in [-0.25, -0.2) is 14.2 Å². The van der Waals surface area contributed by atoms with Gasteiger partial charge in [-0.2, -0.15) is 0 Å². The molecule has 4 aromatic rings. The van der Waals surface area contributed by atoms with Gasteiger partial charge in [-0.05, 0) is 45.2 Å². The van der Waals surface area contributed by atoms with Crippen molar-refractivity contribution in [3.8, 4) is 17.0 Å². The Hall–Kier alpha value is -3.37. The third-order valence-corrected chi connectivity index (χ3v) is 7.76. The number of hydrogen-bond acceptors (Lipinski definition) is 7. The first-order valence-corrected chi connectivity index (χ1v) is 13.5. The van der Waals surface area contributed by atoms with Crippen molar-refractivity contribution >= 4 is 22.1 Å². The Balaban J connectivity index is 1.15. The number of ether oxygens (including phenoxy) is 1. The number of piperazine rings is 1. The van der Waals surface area contributed by atoms with Crippen LogP contribution < -0.4 is 10.4 Å². The van der Waals surface area contributed by atoms with E-state index in [1.807, 2.05) is 19.9 Å². The van der Waals surface area contributed by atoms with Crippen molar-refractivity contribution in [2.24, 2.45) is 7.05 Å². The maximum atomic E-state index is 15.1. The number of aromatic nitrogens is 5. The van der Waals surface area contributed by atoms with Crippen LogP contribution in [0, 0.1) is 5.82 Å². The number of imidazole rings is 1. The molecule has 200 valence electrons. The second-order valence-corrected chi connectivity index (χ2v) is 10.7. The average molecular weight is 520 g/mol. The highest BCUT2D eigenvalue weighted by molar-refractivity contribution is 6.02. The maximum Gasteiger partial charge on any atom is 0.330 e. The number of aryl methyl sites for hydroxylation is 1. The SMILES string of the molecule is CC(C)n1c(=O)n(C)c2nnc3cc(F)c(-c4ccc(OCCCN5CCN(C6CC6)CC5)nc4)cc3c21. The molecule has 1 saturated carbocycles. The second kappa shape index (κ2) is 10.1. The summed E-state index contributed by atoms with van der Waals surface area (Å²) < 4.78 is 24.2. The highest BCUT2D eigenvalue weighted by Crippen LogP contribution is 2.31. The molecule has 1 aliphatic heterocycles. The van der Waals surface area contributed by atoms with E-state index in [2.05, 4.69) is 25.0 Å². The minimum atomic E-state index is -0.419. The van der Waals surface area contributed by atoms with Crippen molar-refractivity contribution < 1.29 is 9.13 Å². The van der Waals surface area contributed by atoms with E-state index in [4.69, 9.17) is 4.74 Å². The van der Waals surface area contributed by atoms with Gasteiger partial charge in [0.2, 0.25) is 5.88 Å². The molecule has 6 rings (SSSR count). The first-order valence-electron chi connectivity index (χ1n) is 13.5.